The van der Waals surface area contributed by atoms with Crippen LogP contribution < -0.4 is 5.73 Å². The summed E-state index contributed by atoms with van der Waals surface area (Å²) in [5.74, 6) is -1.32. The number of aliphatic hydroxyl groups excluding tert-OH is 1. The van der Waals surface area contributed by atoms with Gasteiger partial charge in [-0.1, -0.05) is 0 Å². The lowest BCUT2D eigenvalue weighted by Crippen LogP contribution is -1.89. The number of nitrogen functional groups attached to an aromatic ring is 1. The number of hydrogen-bond acceptors (Lipinski definition) is 2. The molecule has 0 aliphatic rings. The number of nitrogens with two attached hydrogens (primary N) is 1. The summed E-state index contributed by atoms with van der Waals surface area (Å²) in [5, 5.41) is 7.57. The van der Waals surface area contributed by atoms with Crippen LogP contribution in [0.3, 0.4) is 0 Å². The largest absolute Gasteiger partial charge is 0.397 e. The van der Waals surface area contributed by atoms with E-state index in [4.69, 9.17) is 10.8 Å². The average molecular weight is 177 g/mol. The minimum atomic E-state index is -0.713. The van der Waals surface area contributed by atoms with Gasteiger partial charge in [-0.25, -0.2) is 8.78 Å². The molecule has 0 spiro atoms. The van der Waals surface area contributed by atoms with Crippen molar-refractivity contribution in [2.45, 2.75) is 6.92 Å². The van der Waals surface area contributed by atoms with Crippen LogP contribution in [0.15, 0.2) is 18.2 Å². The van der Waals surface area contributed by atoms with Gasteiger partial charge in [-0.05, 0) is 19.1 Å². The first-order chi connectivity index (χ1) is 5.61. The standard InChI is InChI=1S/C6H5F2N.C2H6O.H2/c7-4-1-2-6(9)5(8)3-4;1-2-3;/h1-3H,9H2;3H,2H2,1H3;1H. The quantitative estimate of drug-likeness (QED) is 0.593. The molecular weight excluding hydrogens is 164 g/mol. The van der Waals surface area contributed by atoms with Crippen LogP contribution in [0.5, 0.6) is 0 Å². The molecule has 0 heterocycles. The van der Waals surface area contributed by atoms with Gasteiger partial charge in [-0.2, -0.15) is 0 Å². The van der Waals surface area contributed by atoms with Gasteiger partial charge in [-0.15, -0.1) is 0 Å². The van der Waals surface area contributed by atoms with E-state index in [0.717, 1.165) is 12.1 Å². The summed E-state index contributed by atoms with van der Waals surface area (Å²) < 4.78 is 24.3. The molecule has 4 heteroatoms. The lowest BCUT2D eigenvalue weighted by molar-refractivity contribution is 0.318. The summed E-state index contributed by atoms with van der Waals surface area (Å²) in [6, 6.07) is 3.04. The summed E-state index contributed by atoms with van der Waals surface area (Å²) >= 11 is 0. The maximum atomic E-state index is 12.2. The van der Waals surface area contributed by atoms with Gasteiger partial charge in [0.2, 0.25) is 0 Å². The van der Waals surface area contributed by atoms with Crippen molar-refractivity contribution in [3.8, 4) is 0 Å². The number of hydrogen-bond donors (Lipinski definition) is 2. The van der Waals surface area contributed by atoms with Crippen LogP contribution in [-0.2, 0) is 0 Å². The predicted molar refractivity (Wildman–Crippen MR) is 45.6 cm³/mol. The minimum absolute atomic E-state index is 0. The van der Waals surface area contributed by atoms with Crippen molar-refractivity contribution >= 4 is 5.69 Å². The fourth-order valence-electron chi connectivity index (χ4n) is 0.502. The van der Waals surface area contributed by atoms with E-state index < -0.39 is 11.6 Å². The summed E-state index contributed by atoms with van der Waals surface area (Å²) in [4.78, 5) is 0. The van der Waals surface area contributed by atoms with E-state index in [1.54, 1.807) is 6.92 Å². The second-order valence-corrected chi connectivity index (χ2v) is 1.98. The number of rotatable bonds is 0. The second-order valence-electron chi connectivity index (χ2n) is 1.98. The molecule has 0 amide bonds. The van der Waals surface area contributed by atoms with Crippen molar-refractivity contribution in [3.05, 3.63) is 29.8 Å². The van der Waals surface area contributed by atoms with Crippen molar-refractivity contribution in [1.29, 1.82) is 0 Å². The van der Waals surface area contributed by atoms with Gasteiger partial charge in [-0.3, -0.25) is 0 Å². The summed E-state index contributed by atoms with van der Waals surface area (Å²) in [6.45, 7) is 1.93. The molecule has 0 bridgehead atoms. The monoisotopic (exact) mass is 177 g/mol. The molecule has 0 saturated carbocycles. The molecule has 0 aliphatic heterocycles. The first kappa shape index (κ1) is 10.8. The van der Waals surface area contributed by atoms with Crippen LogP contribution in [0.1, 0.15) is 8.35 Å². The van der Waals surface area contributed by atoms with E-state index in [1.165, 1.54) is 6.07 Å². The van der Waals surface area contributed by atoms with Gasteiger partial charge < -0.3 is 10.8 Å². The third-order valence-electron chi connectivity index (χ3n) is 0.962. The number of anilines is 1. The number of halogens is 2. The van der Waals surface area contributed by atoms with Gasteiger partial charge in [0.1, 0.15) is 11.6 Å². The molecule has 0 unspecified atom stereocenters. The Morgan fingerprint density at radius 3 is 2.33 bits per heavy atom. The SMILES string of the molecule is CCO.Nc1ccc(F)cc1F.[HH]. The summed E-state index contributed by atoms with van der Waals surface area (Å²) in [6.07, 6.45) is 0. The highest BCUT2D eigenvalue weighted by Crippen LogP contribution is 2.09. The zero-order chi connectivity index (χ0) is 9.56. The Morgan fingerprint density at radius 1 is 1.50 bits per heavy atom. The van der Waals surface area contributed by atoms with Crippen LogP contribution in [0, 0.1) is 11.6 Å². The maximum absolute atomic E-state index is 12.2. The van der Waals surface area contributed by atoms with Crippen LogP contribution in [0.4, 0.5) is 14.5 Å². The van der Waals surface area contributed by atoms with Gasteiger partial charge in [0, 0.05) is 14.1 Å². The van der Waals surface area contributed by atoms with Gasteiger partial charge in [0.05, 0.1) is 5.69 Å². The molecule has 2 nitrogen and oxygen atoms in total. The summed E-state index contributed by atoms with van der Waals surface area (Å²) in [7, 11) is 0. The molecule has 0 aliphatic carbocycles. The van der Waals surface area contributed by atoms with E-state index in [2.05, 4.69) is 0 Å². The Kier molecular flexibility index (Phi) is 4.96. The maximum Gasteiger partial charge on any atom is 0.148 e. The van der Waals surface area contributed by atoms with Crippen LogP contribution in [0.25, 0.3) is 0 Å². The highest BCUT2D eigenvalue weighted by molar-refractivity contribution is 5.38. The molecule has 1 aromatic rings. The Hall–Kier alpha value is -1.16. The average Bonchev–Trinajstić information content (AvgIpc) is 1.99. The molecule has 0 fully saturated rings. The Morgan fingerprint density at radius 2 is 2.00 bits per heavy atom. The first-order valence-electron chi connectivity index (χ1n) is 3.43. The fraction of sp³-hybridized carbons (Fsp3) is 0.250. The molecule has 0 saturated heterocycles. The van der Waals surface area contributed by atoms with Crippen molar-refractivity contribution in [1.82, 2.24) is 0 Å². The number of aliphatic hydroxyl groups is 1. The highest BCUT2D eigenvalue weighted by Gasteiger charge is 1.96. The topological polar surface area (TPSA) is 46.2 Å². The van der Waals surface area contributed by atoms with Crippen molar-refractivity contribution < 1.29 is 15.3 Å². The predicted octanol–water partition coefficient (Wildman–Crippen LogP) is 1.79. The molecule has 0 aromatic heterocycles. The van der Waals surface area contributed by atoms with Gasteiger partial charge in [0.15, 0.2) is 0 Å². The molecule has 1 aromatic carbocycles. The lowest BCUT2D eigenvalue weighted by atomic mass is 10.3. The Labute approximate surface area is 71.1 Å². The fourth-order valence-corrected chi connectivity index (χ4v) is 0.502. The summed E-state index contributed by atoms with van der Waals surface area (Å²) in [5.41, 5.74) is 5.02. The van der Waals surface area contributed by atoms with E-state index >= 15 is 0 Å². The molecule has 3 N–H and O–H groups in total. The minimum Gasteiger partial charge on any atom is -0.397 e. The molecule has 1 rings (SSSR count). The zero-order valence-electron chi connectivity index (χ0n) is 6.72. The molecular formula is C8H13F2NO. The third-order valence-corrected chi connectivity index (χ3v) is 0.962. The van der Waals surface area contributed by atoms with Crippen LogP contribution >= 0.6 is 0 Å². The van der Waals surface area contributed by atoms with E-state index in [9.17, 15) is 8.78 Å². The third kappa shape index (κ3) is 3.88. The van der Waals surface area contributed by atoms with E-state index in [0.29, 0.717) is 0 Å². The number of benzene rings is 1. The molecule has 12 heavy (non-hydrogen) atoms. The Bertz CT molecular complexity index is 246. The van der Waals surface area contributed by atoms with Crippen LogP contribution in [0.2, 0.25) is 0 Å². The van der Waals surface area contributed by atoms with Crippen molar-refractivity contribution in [3.63, 3.8) is 0 Å². The van der Waals surface area contributed by atoms with E-state index in [-0.39, 0.29) is 13.7 Å². The smallest absolute Gasteiger partial charge is 0.148 e. The van der Waals surface area contributed by atoms with Gasteiger partial charge in [0.25, 0.3) is 0 Å². The molecule has 0 atom stereocenters. The van der Waals surface area contributed by atoms with Crippen molar-refractivity contribution in [2.75, 3.05) is 12.3 Å². The first-order valence-corrected chi connectivity index (χ1v) is 3.43. The van der Waals surface area contributed by atoms with Crippen molar-refractivity contribution in [2.24, 2.45) is 0 Å². The molecule has 70 valence electrons. The second kappa shape index (κ2) is 5.49. The Balaban J connectivity index is 0. The zero-order valence-corrected chi connectivity index (χ0v) is 6.72. The lowest BCUT2D eigenvalue weighted by Gasteiger charge is -1.92. The highest BCUT2D eigenvalue weighted by atomic mass is 19.1. The normalized spacial score (nSPS) is 8.67. The molecule has 0 radical (unpaired) electrons. The van der Waals surface area contributed by atoms with Gasteiger partial charge >= 0.3 is 0 Å². The van der Waals surface area contributed by atoms with E-state index in [1.807, 2.05) is 0 Å². The van der Waals surface area contributed by atoms with Crippen LogP contribution in [-0.4, -0.2) is 11.7 Å².